The number of pyridine rings is 2. The number of aromatic nitrogens is 3. The van der Waals surface area contributed by atoms with Crippen molar-refractivity contribution in [1.82, 2.24) is 15.0 Å². The quantitative estimate of drug-likeness (QED) is 0.781. The Labute approximate surface area is 121 Å². The van der Waals surface area contributed by atoms with Gasteiger partial charge in [-0.15, -0.1) is 0 Å². The molecule has 4 nitrogen and oxygen atoms in total. The lowest BCUT2D eigenvalue weighted by molar-refractivity contribution is 1.22. The number of rotatable bonds is 2. The van der Waals surface area contributed by atoms with Crippen molar-refractivity contribution < 1.29 is 0 Å². The van der Waals surface area contributed by atoms with E-state index >= 15 is 0 Å². The van der Waals surface area contributed by atoms with Crippen molar-refractivity contribution in [3.63, 3.8) is 0 Å². The van der Waals surface area contributed by atoms with E-state index in [4.69, 9.17) is 5.73 Å². The van der Waals surface area contributed by atoms with Crippen LogP contribution in [0.15, 0.2) is 36.7 Å². The van der Waals surface area contributed by atoms with Crippen LogP contribution in [-0.2, 0) is 0 Å². The molecule has 5 heteroatoms. The van der Waals surface area contributed by atoms with E-state index in [0.29, 0.717) is 5.13 Å². The van der Waals surface area contributed by atoms with Crippen molar-refractivity contribution in [3.05, 3.63) is 47.8 Å². The molecule has 0 fully saturated rings. The maximum atomic E-state index is 5.89. The molecule has 3 aromatic heterocycles. The lowest BCUT2D eigenvalue weighted by Crippen LogP contribution is -1.91. The molecule has 0 unspecified atom stereocenters. The summed E-state index contributed by atoms with van der Waals surface area (Å²) in [6.45, 7) is 4.08. The maximum absolute atomic E-state index is 5.89. The number of hydrogen-bond acceptors (Lipinski definition) is 5. The Bertz CT molecular complexity index is 750. The van der Waals surface area contributed by atoms with Gasteiger partial charge >= 0.3 is 0 Å². The molecule has 2 N–H and O–H groups in total. The summed E-state index contributed by atoms with van der Waals surface area (Å²) in [5.74, 6) is 0. The molecule has 0 radical (unpaired) electrons. The molecule has 0 aromatic carbocycles. The molecule has 0 saturated heterocycles. The summed E-state index contributed by atoms with van der Waals surface area (Å²) in [4.78, 5) is 14.3. The average molecular weight is 282 g/mol. The Hall–Kier alpha value is -2.27. The number of nitrogens with two attached hydrogens (primary N) is 1. The van der Waals surface area contributed by atoms with Gasteiger partial charge in [0, 0.05) is 12.4 Å². The van der Waals surface area contributed by atoms with E-state index in [1.165, 1.54) is 11.3 Å². The molecular weight excluding hydrogens is 268 g/mol. The van der Waals surface area contributed by atoms with Gasteiger partial charge < -0.3 is 5.73 Å². The van der Waals surface area contributed by atoms with Crippen LogP contribution >= 0.6 is 11.3 Å². The van der Waals surface area contributed by atoms with Gasteiger partial charge in [-0.25, -0.2) is 4.98 Å². The highest BCUT2D eigenvalue weighted by atomic mass is 32.1. The fourth-order valence-corrected chi connectivity index (χ4v) is 3.03. The summed E-state index contributed by atoms with van der Waals surface area (Å²) in [5.41, 5.74) is 10.7. The second-order valence-corrected chi connectivity index (χ2v) is 5.65. The fraction of sp³-hybridized carbons (Fsp3) is 0.133. The summed E-state index contributed by atoms with van der Waals surface area (Å²) in [7, 11) is 0. The molecular formula is C15H14N4S. The molecule has 0 aliphatic rings. The van der Waals surface area contributed by atoms with Crippen molar-refractivity contribution >= 4 is 16.5 Å². The summed E-state index contributed by atoms with van der Waals surface area (Å²) < 4.78 is 0. The third-order valence-corrected chi connectivity index (χ3v) is 3.87. The van der Waals surface area contributed by atoms with Crippen LogP contribution in [0, 0.1) is 13.8 Å². The van der Waals surface area contributed by atoms with Crippen LogP contribution in [0.3, 0.4) is 0 Å². The smallest absolute Gasteiger partial charge is 0.181 e. The van der Waals surface area contributed by atoms with Crippen molar-refractivity contribution in [1.29, 1.82) is 0 Å². The van der Waals surface area contributed by atoms with Crippen LogP contribution in [0.5, 0.6) is 0 Å². The number of thiazole rings is 1. The molecule has 3 rings (SSSR count). The molecule has 0 spiro atoms. The molecule has 0 aliphatic carbocycles. The SMILES string of the molecule is Cc1cnc(-c2sc(N)nc2-c2ccccn2)c(C)c1. The second kappa shape index (κ2) is 5.02. The van der Waals surface area contributed by atoms with E-state index in [1.807, 2.05) is 38.2 Å². The van der Waals surface area contributed by atoms with E-state index in [9.17, 15) is 0 Å². The van der Waals surface area contributed by atoms with Crippen molar-refractivity contribution in [3.8, 4) is 22.0 Å². The second-order valence-electron chi connectivity index (χ2n) is 4.62. The van der Waals surface area contributed by atoms with Crippen LogP contribution in [0.2, 0.25) is 0 Å². The van der Waals surface area contributed by atoms with E-state index in [2.05, 4.69) is 21.0 Å². The largest absolute Gasteiger partial charge is 0.375 e. The van der Waals surface area contributed by atoms with Gasteiger partial charge in [0.05, 0.1) is 16.3 Å². The van der Waals surface area contributed by atoms with Gasteiger partial charge in [0.25, 0.3) is 0 Å². The van der Waals surface area contributed by atoms with E-state index < -0.39 is 0 Å². The van der Waals surface area contributed by atoms with Crippen LogP contribution in [-0.4, -0.2) is 15.0 Å². The summed E-state index contributed by atoms with van der Waals surface area (Å²) in [6, 6.07) is 7.87. The first-order valence-corrected chi connectivity index (χ1v) is 7.08. The molecule has 0 atom stereocenters. The third-order valence-electron chi connectivity index (χ3n) is 2.98. The van der Waals surface area contributed by atoms with Crippen LogP contribution in [0.4, 0.5) is 5.13 Å². The minimum absolute atomic E-state index is 0.530. The van der Waals surface area contributed by atoms with Gasteiger partial charge in [-0.1, -0.05) is 23.5 Å². The summed E-state index contributed by atoms with van der Waals surface area (Å²) in [5, 5.41) is 0.530. The van der Waals surface area contributed by atoms with Gasteiger partial charge in [0.2, 0.25) is 0 Å². The minimum Gasteiger partial charge on any atom is -0.375 e. The third kappa shape index (κ3) is 2.28. The molecule has 0 bridgehead atoms. The lowest BCUT2D eigenvalue weighted by atomic mass is 10.1. The van der Waals surface area contributed by atoms with Crippen LogP contribution < -0.4 is 5.73 Å². The van der Waals surface area contributed by atoms with E-state index in [-0.39, 0.29) is 0 Å². The fourth-order valence-electron chi connectivity index (χ4n) is 2.13. The molecule has 0 amide bonds. The highest BCUT2D eigenvalue weighted by Crippen LogP contribution is 2.37. The normalized spacial score (nSPS) is 10.7. The van der Waals surface area contributed by atoms with E-state index in [1.54, 1.807) is 6.20 Å². The number of nitrogen functional groups attached to an aromatic ring is 1. The highest BCUT2D eigenvalue weighted by molar-refractivity contribution is 7.19. The van der Waals surface area contributed by atoms with Crippen molar-refractivity contribution in [2.75, 3.05) is 5.73 Å². The standard InChI is InChI=1S/C15H14N4S/c1-9-7-10(2)12(18-8-9)14-13(19-15(16)20-14)11-5-3-4-6-17-11/h3-8H,1-2H3,(H2,16,19). The first-order valence-electron chi connectivity index (χ1n) is 6.26. The zero-order chi connectivity index (χ0) is 14.1. The molecule has 3 aromatic rings. The van der Waals surface area contributed by atoms with Gasteiger partial charge in [-0.05, 0) is 37.1 Å². The zero-order valence-electron chi connectivity index (χ0n) is 11.3. The van der Waals surface area contributed by atoms with Crippen LogP contribution in [0.25, 0.3) is 22.0 Å². The monoisotopic (exact) mass is 282 g/mol. The summed E-state index contributed by atoms with van der Waals surface area (Å²) in [6.07, 6.45) is 3.62. The number of aryl methyl sites for hydroxylation is 2. The van der Waals surface area contributed by atoms with Gasteiger partial charge in [-0.3, -0.25) is 9.97 Å². The Morgan fingerprint density at radius 3 is 2.65 bits per heavy atom. The number of nitrogens with zero attached hydrogens (tertiary/aromatic N) is 3. The maximum Gasteiger partial charge on any atom is 0.181 e. The Morgan fingerprint density at radius 2 is 1.95 bits per heavy atom. The minimum atomic E-state index is 0.530. The predicted octanol–water partition coefficient (Wildman–Crippen LogP) is 3.47. The van der Waals surface area contributed by atoms with Crippen molar-refractivity contribution in [2.45, 2.75) is 13.8 Å². The zero-order valence-corrected chi connectivity index (χ0v) is 12.1. The molecule has 0 saturated carbocycles. The average Bonchev–Trinajstić information content (AvgIpc) is 2.81. The number of anilines is 1. The Balaban J connectivity index is 2.20. The Morgan fingerprint density at radius 1 is 1.10 bits per heavy atom. The van der Waals surface area contributed by atoms with Crippen LogP contribution in [0.1, 0.15) is 11.1 Å². The first-order chi connectivity index (χ1) is 9.65. The lowest BCUT2D eigenvalue weighted by Gasteiger charge is -2.05. The van der Waals surface area contributed by atoms with Gasteiger partial charge in [0.1, 0.15) is 5.69 Å². The molecule has 0 aliphatic heterocycles. The molecule has 20 heavy (non-hydrogen) atoms. The first kappa shape index (κ1) is 12.7. The predicted molar refractivity (Wildman–Crippen MR) is 82.5 cm³/mol. The topological polar surface area (TPSA) is 64.7 Å². The highest BCUT2D eigenvalue weighted by Gasteiger charge is 2.17. The number of hydrogen-bond donors (Lipinski definition) is 1. The van der Waals surface area contributed by atoms with Gasteiger partial charge in [0.15, 0.2) is 5.13 Å². The molecule has 100 valence electrons. The van der Waals surface area contributed by atoms with Gasteiger partial charge in [-0.2, -0.15) is 0 Å². The summed E-state index contributed by atoms with van der Waals surface area (Å²) >= 11 is 1.45. The van der Waals surface area contributed by atoms with E-state index in [0.717, 1.165) is 33.1 Å². The van der Waals surface area contributed by atoms with Crippen molar-refractivity contribution in [2.24, 2.45) is 0 Å². The molecule has 3 heterocycles. The Kier molecular flexibility index (Phi) is 3.20.